The summed E-state index contributed by atoms with van der Waals surface area (Å²) in [6, 6.07) is 12.5. The van der Waals surface area contributed by atoms with E-state index < -0.39 is 27.6 Å². The molecule has 1 aromatic carbocycles. The molecular weight excluding hydrogens is 422 g/mol. The lowest BCUT2D eigenvalue weighted by atomic mass is 10.2. The highest BCUT2D eigenvalue weighted by Gasteiger charge is 2.27. The molecule has 10 nitrogen and oxygen atoms in total. The number of benzene rings is 1. The summed E-state index contributed by atoms with van der Waals surface area (Å²) in [5, 5.41) is 8.91. The largest absolute Gasteiger partial charge is 0.391 e. The van der Waals surface area contributed by atoms with E-state index in [0.717, 1.165) is 11.0 Å². The van der Waals surface area contributed by atoms with Crippen molar-refractivity contribution in [2.45, 2.75) is 6.10 Å². The first-order chi connectivity index (χ1) is 15.0. The van der Waals surface area contributed by atoms with E-state index in [4.69, 9.17) is 9.57 Å². The van der Waals surface area contributed by atoms with Crippen molar-refractivity contribution in [3.63, 3.8) is 0 Å². The van der Waals surface area contributed by atoms with Crippen LogP contribution in [-0.2, 0) is 19.4 Å². The standard InChI is InChI=1S/C20H21N5O5S/c26-19(15-31(27,28)12-8-16-5-2-1-3-6-16)24-10-11-29-17(13-24)14-30-25-20-18(22-23-25)7-4-9-21-20/h1-9,12,17H,10-11,13-15H2. The summed E-state index contributed by atoms with van der Waals surface area (Å²) in [6.07, 6.45) is 2.66. The lowest BCUT2D eigenvalue weighted by Crippen LogP contribution is -2.49. The monoisotopic (exact) mass is 443 g/mol. The Morgan fingerprint density at radius 2 is 2.06 bits per heavy atom. The van der Waals surface area contributed by atoms with Gasteiger partial charge in [-0.05, 0) is 29.0 Å². The third kappa shape index (κ3) is 5.44. The smallest absolute Gasteiger partial charge is 0.238 e. The predicted molar refractivity (Wildman–Crippen MR) is 112 cm³/mol. The van der Waals surface area contributed by atoms with Gasteiger partial charge in [-0.25, -0.2) is 13.4 Å². The Morgan fingerprint density at radius 1 is 1.23 bits per heavy atom. The van der Waals surface area contributed by atoms with E-state index in [1.807, 2.05) is 18.2 Å². The Bertz CT molecular complexity index is 1180. The van der Waals surface area contributed by atoms with Crippen molar-refractivity contribution in [2.75, 3.05) is 32.1 Å². The maximum Gasteiger partial charge on any atom is 0.238 e. The van der Waals surface area contributed by atoms with E-state index in [-0.39, 0.29) is 19.8 Å². The highest BCUT2D eigenvalue weighted by molar-refractivity contribution is 7.95. The van der Waals surface area contributed by atoms with Crippen LogP contribution in [0.2, 0.25) is 0 Å². The van der Waals surface area contributed by atoms with Crippen molar-refractivity contribution in [1.29, 1.82) is 0 Å². The summed E-state index contributed by atoms with van der Waals surface area (Å²) in [4.78, 5) is 25.0. The summed E-state index contributed by atoms with van der Waals surface area (Å²) in [5.41, 5.74) is 1.82. The van der Waals surface area contributed by atoms with Crippen molar-refractivity contribution < 1.29 is 22.8 Å². The van der Waals surface area contributed by atoms with Crippen LogP contribution >= 0.6 is 0 Å². The fourth-order valence-corrected chi connectivity index (χ4v) is 4.08. The second kappa shape index (κ2) is 9.23. The molecule has 1 fully saturated rings. The molecule has 0 aliphatic carbocycles. The number of sulfone groups is 1. The minimum Gasteiger partial charge on any atom is -0.391 e. The molecule has 0 radical (unpaired) electrons. The molecule has 31 heavy (non-hydrogen) atoms. The van der Waals surface area contributed by atoms with Gasteiger partial charge in [0, 0.05) is 18.1 Å². The number of fused-ring (bicyclic) bond motifs is 1. The van der Waals surface area contributed by atoms with Crippen LogP contribution in [0.5, 0.6) is 0 Å². The van der Waals surface area contributed by atoms with Crippen LogP contribution in [0.15, 0.2) is 54.1 Å². The van der Waals surface area contributed by atoms with Crippen LogP contribution in [0.3, 0.4) is 0 Å². The number of rotatable bonds is 7. The topological polar surface area (TPSA) is 117 Å². The summed E-state index contributed by atoms with van der Waals surface area (Å²) in [6.45, 7) is 0.938. The van der Waals surface area contributed by atoms with E-state index >= 15 is 0 Å². The Morgan fingerprint density at radius 3 is 2.90 bits per heavy atom. The summed E-state index contributed by atoms with van der Waals surface area (Å²) in [7, 11) is -3.69. The van der Waals surface area contributed by atoms with E-state index in [2.05, 4.69) is 15.3 Å². The van der Waals surface area contributed by atoms with Gasteiger partial charge in [0.25, 0.3) is 0 Å². The minimum atomic E-state index is -3.69. The number of hydrogen-bond donors (Lipinski definition) is 0. The van der Waals surface area contributed by atoms with E-state index in [9.17, 15) is 13.2 Å². The normalized spacial score (nSPS) is 17.3. The first kappa shape index (κ1) is 20.9. The molecule has 1 unspecified atom stereocenters. The second-order valence-corrected chi connectivity index (χ2v) is 8.84. The van der Waals surface area contributed by atoms with Crippen molar-refractivity contribution in [3.8, 4) is 0 Å². The fraction of sp³-hybridized carbons (Fsp3) is 0.300. The molecule has 11 heteroatoms. The third-order valence-corrected chi connectivity index (χ3v) is 5.85. The molecule has 3 aromatic rings. The van der Waals surface area contributed by atoms with Gasteiger partial charge >= 0.3 is 0 Å². The number of amides is 1. The quantitative estimate of drug-likeness (QED) is 0.520. The zero-order valence-corrected chi connectivity index (χ0v) is 17.4. The van der Waals surface area contributed by atoms with Gasteiger partial charge in [0.2, 0.25) is 11.6 Å². The average molecular weight is 443 g/mol. The SMILES string of the molecule is O=C(CS(=O)(=O)C=Cc1ccccc1)N1CCOC(COn2nnc3cccnc32)C1. The van der Waals surface area contributed by atoms with Gasteiger partial charge in [0.15, 0.2) is 9.84 Å². The Balaban J connectivity index is 1.32. The second-order valence-electron chi connectivity index (χ2n) is 6.96. The number of carbonyl (C=O) groups is 1. The molecule has 1 aliphatic heterocycles. The van der Waals surface area contributed by atoms with Gasteiger partial charge in [0.05, 0.1) is 13.2 Å². The van der Waals surface area contributed by atoms with Gasteiger partial charge in [-0.2, -0.15) is 0 Å². The Labute approximate surface area is 179 Å². The molecule has 0 saturated carbocycles. The molecule has 2 aromatic heterocycles. The van der Waals surface area contributed by atoms with Gasteiger partial charge in [-0.1, -0.05) is 35.2 Å². The van der Waals surface area contributed by atoms with Crippen LogP contribution in [0.4, 0.5) is 0 Å². The van der Waals surface area contributed by atoms with Crippen LogP contribution in [-0.4, -0.2) is 77.5 Å². The number of ether oxygens (including phenoxy) is 1. The Hall–Kier alpha value is -3.31. The van der Waals surface area contributed by atoms with Crippen molar-refractivity contribution >= 4 is 33.0 Å². The summed E-state index contributed by atoms with van der Waals surface area (Å²) >= 11 is 0. The lowest BCUT2D eigenvalue weighted by molar-refractivity contribution is -0.139. The highest BCUT2D eigenvalue weighted by Crippen LogP contribution is 2.10. The van der Waals surface area contributed by atoms with Crippen molar-refractivity contribution in [2.24, 2.45) is 0 Å². The fourth-order valence-electron chi connectivity index (χ4n) is 3.09. The van der Waals surface area contributed by atoms with Crippen LogP contribution in [0.25, 0.3) is 17.2 Å². The molecule has 4 rings (SSSR count). The first-order valence-electron chi connectivity index (χ1n) is 9.65. The highest BCUT2D eigenvalue weighted by atomic mass is 32.2. The number of carbonyl (C=O) groups excluding carboxylic acids is 1. The molecule has 1 atom stereocenters. The van der Waals surface area contributed by atoms with Crippen LogP contribution in [0.1, 0.15) is 5.56 Å². The van der Waals surface area contributed by atoms with Gasteiger partial charge in [-0.15, -0.1) is 5.10 Å². The third-order valence-electron chi connectivity index (χ3n) is 4.65. The maximum atomic E-state index is 12.6. The molecule has 0 spiro atoms. The van der Waals surface area contributed by atoms with Crippen LogP contribution in [0, 0.1) is 0 Å². The summed E-state index contributed by atoms with van der Waals surface area (Å²) in [5.74, 6) is -1.07. The van der Waals surface area contributed by atoms with Gasteiger partial charge in [-0.3, -0.25) is 4.79 Å². The number of aromatic nitrogens is 4. The first-order valence-corrected chi connectivity index (χ1v) is 11.4. The maximum absolute atomic E-state index is 12.6. The number of pyridine rings is 1. The van der Waals surface area contributed by atoms with E-state index in [0.29, 0.717) is 17.7 Å². The zero-order valence-electron chi connectivity index (χ0n) is 16.6. The van der Waals surface area contributed by atoms with E-state index in [1.54, 1.807) is 30.5 Å². The summed E-state index contributed by atoms with van der Waals surface area (Å²) < 4.78 is 30.3. The zero-order chi connectivity index (χ0) is 21.7. The van der Waals surface area contributed by atoms with Gasteiger partial charge < -0.3 is 14.5 Å². The predicted octanol–water partition coefficient (Wildman–Crippen LogP) is 0.568. The van der Waals surface area contributed by atoms with E-state index in [1.165, 1.54) is 15.8 Å². The molecule has 0 N–H and O–H groups in total. The number of nitrogens with zero attached hydrogens (tertiary/aromatic N) is 5. The van der Waals surface area contributed by atoms with Crippen molar-refractivity contribution in [3.05, 3.63) is 59.6 Å². The average Bonchev–Trinajstić information content (AvgIpc) is 3.20. The van der Waals surface area contributed by atoms with Gasteiger partial charge in [0.1, 0.15) is 24.0 Å². The molecule has 1 saturated heterocycles. The molecule has 1 amide bonds. The minimum absolute atomic E-state index is 0.111. The molecule has 3 heterocycles. The molecular formula is C20H21N5O5S. The molecule has 0 bridgehead atoms. The van der Waals surface area contributed by atoms with Crippen LogP contribution < -0.4 is 4.84 Å². The lowest BCUT2D eigenvalue weighted by Gasteiger charge is -2.32. The Kier molecular flexibility index (Phi) is 6.23. The molecule has 1 aliphatic rings. The number of hydrogen-bond acceptors (Lipinski definition) is 8. The van der Waals surface area contributed by atoms with Crippen molar-refractivity contribution in [1.82, 2.24) is 25.0 Å². The number of morpholine rings is 1. The molecule has 162 valence electrons.